The maximum Gasteiger partial charge on any atom is 0.0973 e. The highest BCUT2D eigenvalue weighted by atomic mass is 14.8. The molecule has 6 rings (SSSR count). The van der Waals surface area contributed by atoms with Crippen molar-refractivity contribution in [1.82, 2.24) is 19.9 Å². The van der Waals surface area contributed by atoms with Crippen molar-refractivity contribution < 1.29 is 0 Å². The van der Waals surface area contributed by atoms with Gasteiger partial charge in [-0.05, 0) is 47.5 Å². The fraction of sp³-hybridized carbons (Fsp3) is 0. The minimum Gasteiger partial charge on any atom is -0.264 e. The Morgan fingerprint density at radius 2 is 0.824 bits per heavy atom. The molecule has 3 heterocycles. The molecule has 3 aromatic heterocycles. The van der Waals surface area contributed by atoms with Crippen molar-refractivity contribution in [2.45, 2.75) is 0 Å². The van der Waals surface area contributed by atoms with E-state index in [0.29, 0.717) is 0 Å². The monoisotopic (exact) mass is 436 g/mol. The lowest BCUT2D eigenvalue weighted by Gasteiger charge is -2.13. The van der Waals surface area contributed by atoms with Crippen LogP contribution in [0.25, 0.3) is 55.8 Å². The first kappa shape index (κ1) is 19.9. The molecule has 0 spiro atoms. The van der Waals surface area contributed by atoms with Crippen LogP contribution in [0, 0.1) is 0 Å². The van der Waals surface area contributed by atoms with Crippen LogP contribution in [0.15, 0.2) is 122 Å². The molecule has 0 saturated heterocycles. The van der Waals surface area contributed by atoms with E-state index in [0.717, 1.165) is 55.8 Å². The second kappa shape index (κ2) is 8.68. The van der Waals surface area contributed by atoms with Crippen LogP contribution in [0.2, 0.25) is 0 Å². The Hall–Kier alpha value is -4.70. The lowest BCUT2D eigenvalue weighted by Crippen LogP contribution is -1.96. The van der Waals surface area contributed by atoms with Gasteiger partial charge in [-0.15, -0.1) is 0 Å². The van der Waals surface area contributed by atoms with Gasteiger partial charge in [-0.3, -0.25) is 9.97 Å². The third-order valence-electron chi connectivity index (χ3n) is 5.83. The maximum absolute atomic E-state index is 5.07. The number of nitrogens with zero attached hydrogens (tertiary/aromatic N) is 4. The third-order valence-corrected chi connectivity index (χ3v) is 5.83. The van der Waals surface area contributed by atoms with Crippen molar-refractivity contribution in [2.75, 3.05) is 0 Å². The first-order valence-electron chi connectivity index (χ1n) is 11.1. The van der Waals surface area contributed by atoms with Crippen LogP contribution in [-0.2, 0) is 0 Å². The van der Waals surface area contributed by atoms with Gasteiger partial charge in [-0.25, -0.2) is 9.97 Å². The van der Waals surface area contributed by atoms with E-state index in [-0.39, 0.29) is 0 Å². The van der Waals surface area contributed by atoms with Crippen LogP contribution in [0.3, 0.4) is 0 Å². The summed E-state index contributed by atoms with van der Waals surface area (Å²) in [5.41, 5.74) is 9.80. The molecular weight excluding hydrogens is 416 g/mol. The van der Waals surface area contributed by atoms with Gasteiger partial charge >= 0.3 is 0 Å². The fourth-order valence-electron chi connectivity index (χ4n) is 4.16. The van der Waals surface area contributed by atoms with E-state index in [1.807, 2.05) is 48.8 Å². The highest BCUT2D eigenvalue weighted by molar-refractivity contribution is 5.88. The van der Waals surface area contributed by atoms with E-state index in [1.165, 1.54) is 0 Å². The summed E-state index contributed by atoms with van der Waals surface area (Å²) in [6.45, 7) is 0. The highest BCUT2D eigenvalue weighted by Crippen LogP contribution is 2.34. The first-order chi connectivity index (χ1) is 16.8. The zero-order valence-corrected chi connectivity index (χ0v) is 18.3. The lowest BCUT2D eigenvalue weighted by molar-refractivity contribution is 1.29. The van der Waals surface area contributed by atoms with Gasteiger partial charge in [0.15, 0.2) is 0 Å². The van der Waals surface area contributed by atoms with Gasteiger partial charge in [0.2, 0.25) is 0 Å². The summed E-state index contributed by atoms with van der Waals surface area (Å²) in [5, 5.41) is 0. The molecule has 0 aliphatic heterocycles. The van der Waals surface area contributed by atoms with E-state index in [2.05, 4.69) is 70.6 Å². The smallest absolute Gasteiger partial charge is 0.0973 e. The number of rotatable bonds is 4. The number of pyridine rings is 2. The van der Waals surface area contributed by atoms with Gasteiger partial charge in [0, 0.05) is 47.0 Å². The predicted molar refractivity (Wildman–Crippen MR) is 137 cm³/mol. The molecule has 0 aliphatic carbocycles. The molecule has 4 heteroatoms. The second-order valence-electron chi connectivity index (χ2n) is 8.05. The molecule has 0 unspecified atom stereocenters. The highest BCUT2D eigenvalue weighted by Gasteiger charge is 2.15. The molecule has 0 N–H and O–H groups in total. The van der Waals surface area contributed by atoms with Crippen LogP contribution in [0.1, 0.15) is 0 Å². The molecule has 3 aromatic carbocycles. The molecule has 0 aliphatic rings. The zero-order valence-electron chi connectivity index (χ0n) is 18.3. The minimum atomic E-state index is 0.854. The minimum absolute atomic E-state index is 0.854. The van der Waals surface area contributed by atoms with Crippen LogP contribution in [-0.4, -0.2) is 19.9 Å². The summed E-state index contributed by atoms with van der Waals surface area (Å²) in [5.74, 6) is 0. The van der Waals surface area contributed by atoms with E-state index in [1.54, 1.807) is 12.4 Å². The summed E-state index contributed by atoms with van der Waals surface area (Å²) >= 11 is 0. The van der Waals surface area contributed by atoms with E-state index in [4.69, 9.17) is 9.97 Å². The van der Waals surface area contributed by atoms with Crippen molar-refractivity contribution in [3.63, 3.8) is 0 Å². The maximum atomic E-state index is 5.07. The predicted octanol–water partition coefficient (Wildman–Crippen LogP) is 7.09. The molecular formula is C30H20N4. The van der Waals surface area contributed by atoms with E-state index >= 15 is 0 Å². The molecule has 0 radical (unpaired) electrons. The lowest BCUT2D eigenvalue weighted by atomic mass is 9.97. The molecule has 0 bridgehead atoms. The van der Waals surface area contributed by atoms with Crippen molar-refractivity contribution >= 4 is 11.0 Å². The van der Waals surface area contributed by atoms with E-state index < -0.39 is 0 Å². The fourth-order valence-corrected chi connectivity index (χ4v) is 4.16. The van der Waals surface area contributed by atoms with Gasteiger partial charge in [0.1, 0.15) is 0 Å². The number of fused-ring (bicyclic) bond motifs is 1. The van der Waals surface area contributed by atoms with Gasteiger partial charge in [0.25, 0.3) is 0 Å². The average Bonchev–Trinajstić information content (AvgIpc) is 2.93. The van der Waals surface area contributed by atoms with Crippen LogP contribution < -0.4 is 0 Å². The Kier molecular flexibility index (Phi) is 5.09. The van der Waals surface area contributed by atoms with Crippen molar-refractivity contribution in [1.29, 1.82) is 0 Å². The molecule has 6 aromatic rings. The van der Waals surface area contributed by atoms with Crippen molar-refractivity contribution in [3.8, 4) is 44.8 Å². The number of aromatic nitrogens is 4. The zero-order chi connectivity index (χ0) is 22.7. The van der Waals surface area contributed by atoms with Gasteiger partial charge < -0.3 is 0 Å². The Balaban J connectivity index is 1.55. The topological polar surface area (TPSA) is 51.6 Å². The van der Waals surface area contributed by atoms with Crippen molar-refractivity contribution in [3.05, 3.63) is 122 Å². The van der Waals surface area contributed by atoms with Gasteiger partial charge in [-0.1, -0.05) is 60.7 Å². The molecule has 4 nitrogen and oxygen atoms in total. The van der Waals surface area contributed by atoms with Crippen molar-refractivity contribution in [2.24, 2.45) is 0 Å². The second-order valence-corrected chi connectivity index (χ2v) is 8.05. The molecule has 0 amide bonds. The largest absolute Gasteiger partial charge is 0.264 e. The van der Waals surface area contributed by atoms with Gasteiger partial charge in [-0.2, -0.15) is 0 Å². The van der Waals surface area contributed by atoms with Crippen LogP contribution in [0.4, 0.5) is 0 Å². The summed E-state index contributed by atoms with van der Waals surface area (Å²) in [6.07, 6.45) is 7.33. The Morgan fingerprint density at radius 3 is 1.26 bits per heavy atom. The van der Waals surface area contributed by atoms with Crippen LogP contribution >= 0.6 is 0 Å². The Morgan fingerprint density at radius 1 is 0.382 bits per heavy atom. The number of hydrogen-bond donors (Lipinski definition) is 0. The van der Waals surface area contributed by atoms with Gasteiger partial charge in [0.05, 0.1) is 22.4 Å². The molecule has 160 valence electrons. The number of para-hydroxylation sites is 2. The normalized spacial score (nSPS) is 10.9. The first-order valence-corrected chi connectivity index (χ1v) is 11.1. The summed E-state index contributed by atoms with van der Waals surface area (Å²) in [6, 6.07) is 32.8. The Labute approximate surface area is 197 Å². The average molecular weight is 437 g/mol. The molecule has 0 atom stereocenters. The quantitative estimate of drug-likeness (QED) is 0.296. The summed E-state index contributed by atoms with van der Waals surface area (Å²) in [4.78, 5) is 18.7. The molecule has 0 fully saturated rings. The SMILES string of the molecule is c1cncc(-c2cccc(-c3nc4ccccc4nc3-c3cccc(-c4cccnc4)c3)c2)c1. The number of hydrogen-bond acceptors (Lipinski definition) is 4. The molecule has 34 heavy (non-hydrogen) atoms. The van der Waals surface area contributed by atoms with E-state index in [9.17, 15) is 0 Å². The summed E-state index contributed by atoms with van der Waals surface area (Å²) in [7, 11) is 0. The third kappa shape index (κ3) is 3.82. The molecule has 0 saturated carbocycles. The Bertz CT molecular complexity index is 1470. The standard InChI is InChI=1S/C30H20N4/c1-2-14-28-27(13-1)33-29(23-9-3-7-21(17-23)25-11-5-15-31-19-25)30(34-28)24-10-4-8-22(18-24)26-12-6-16-32-20-26/h1-20H. The van der Waals surface area contributed by atoms with Crippen LogP contribution in [0.5, 0.6) is 0 Å². The number of benzene rings is 3. The summed E-state index contributed by atoms with van der Waals surface area (Å²) < 4.78 is 0.